The Balaban J connectivity index is 2.02. The normalized spacial score (nSPS) is 10.9. The maximum Gasteiger partial charge on any atom is 0.372 e. The van der Waals surface area contributed by atoms with Crippen molar-refractivity contribution in [1.82, 2.24) is 15.0 Å². The molecule has 0 unspecified atom stereocenters. The summed E-state index contributed by atoms with van der Waals surface area (Å²) in [5.74, 6) is -0.931. The van der Waals surface area contributed by atoms with Gasteiger partial charge in [-0.05, 0) is 25.1 Å². The van der Waals surface area contributed by atoms with E-state index in [1.165, 1.54) is 0 Å². The Bertz CT molecular complexity index is 895. The summed E-state index contributed by atoms with van der Waals surface area (Å²) in [4.78, 5) is 23.2. The van der Waals surface area contributed by atoms with Crippen molar-refractivity contribution in [2.75, 3.05) is 0 Å². The van der Waals surface area contributed by atoms with Crippen LogP contribution in [-0.4, -0.2) is 26.1 Å². The van der Waals surface area contributed by atoms with E-state index in [9.17, 15) is 9.59 Å². The van der Waals surface area contributed by atoms with Crippen molar-refractivity contribution in [3.63, 3.8) is 0 Å². The molecule has 3 aromatic rings. The number of carboxylic acids is 1. The summed E-state index contributed by atoms with van der Waals surface area (Å²) in [7, 11) is 0. The van der Waals surface area contributed by atoms with Gasteiger partial charge in [0, 0.05) is 5.56 Å². The lowest BCUT2D eigenvalue weighted by atomic mass is 10.2. The van der Waals surface area contributed by atoms with Gasteiger partial charge in [0.05, 0.1) is 5.39 Å². The van der Waals surface area contributed by atoms with Crippen molar-refractivity contribution in [1.29, 1.82) is 0 Å². The second-order valence-corrected chi connectivity index (χ2v) is 4.60. The van der Waals surface area contributed by atoms with E-state index >= 15 is 0 Å². The molecule has 2 aromatic heterocycles. The molecular weight excluding hydrogens is 274 g/mol. The first kappa shape index (κ1) is 13.0. The average molecular weight is 285 g/mol. The summed E-state index contributed by atoms with van der Waals surface area (Å²) in [5.41, 5.74) is 0.714. The third kappa shape index (κ3) is 2.29. The Labute approximate surface area is 118 Å². The molecule has 0 radical (unpaired) electrons. The summed E-state index contributed by atoms with van der Waals surface area (Å²) >= 11 is 0. The van der Waals surface area contributed by atoms with E-state index in [2.05, 4.69) is 10.3 Å². The van der Waals surface area contributed by atoms with E-state index in [1.54, 1.807) is 37.3 Å². The topological polar surface area (TPSA) is 98.2 Å². The molecule has 0 saturated carbocycles. The maximum atomic E-state index is 12.3. The van der Waals surface area contributed by atoms with Crippen LogP contribution in [-0.2, 0) is 6.54 Å². The second kappa shape index (κ2) is 4.86. The van der Waals surface area contributed by atoms with E-state index < -0.39 is 5.97 Å². The molecule has 3 rings (SSSR count). The molecule has 0 bridgehead atoms. The number of aromatic nitrogens is 3. The number of hydrogen-bond acceptors (Lipinski definition) is 5. The third-order valence-corrected chi connectivity index (χ3v) is 3.10. The summed E-state index contributed by atoms with van der Waals surface area (Å²) < 4.78 is 6.36. The minimum Gasteiger partial charge on any atom is -0.475 e. The van der Waals surface area contributed by atoms with Gasteiger partial charge in [-0.25, -0.2) is 9.48 Å². The molecular formula is C14H11N3O4. The highest BCUT2D eigenvalue weighted by Crippen LogP contribution is 2.15. The number of aryl methyl sites for hydroxylation is 1. The zero-order valence-electron chi connectivity index (χ0n) is 11.1. The Hall–Kier alpha value is -2.96. The summed E-state index contributed by atoms with van der Waals surface area (Å²) in [6.07, 6.45) is 0. The molecule has 0 aliphatic heterocycles. The van der Waals surface area contributed by atoms with Crippen LogP contribution >= 0.6 is 0 Å². The fourth-order valence-electron chi connectivity index (χ4n) is 2.11. The van der Waals surface area contributed by atoms with Crippen molar-refractivity contribution < 1.29 is 14.3 Å². The van der Waals surface area contributed by atoms with Crippen LogP contribution in [0.15, 0.2) is 39.5 Å². The Morgan fingerprint density at radius 3 is 2.86 bits per heavy atom. The molecule has 21 heavy (non-hydrogen) atoms. The molecule has 7 nitrogen and oxygen atoms in total. The fourth-order valence-corrected chi connectivity index (χ4v) is 2.11. The number of aromatic carboxylic acids is 1. The SMILES string of the molecule is Cc1cc(Cn2nnc3ccccc3c2=O)oc1C(=O)O. The number of carbonyl (C=O) groups is 1. The van der Waals surface area contributed by atoms with Crippen molar-refractivity contribution >= 4 is 16.9 Å². The second-order valence-electron chi connectivity index (χ2n) is 4.60. The number of rotatable bonds is 3. The zero-order chi connectivity index (χ0) is 15.0. The zero-order valence-corrected chi connectivity index (χ0v) is 11.1. The van der Waals surface area contributed by atoms with Gasteiger partial charge < -0.3 is 9.52 Å². The van der Waals surface area contributed by atoms with E-state index in [-0.39, 0.29) is 17.9 Å². The predicted octanol–water partition coefficient (Wildman–Crippen LogP) is 1.44. The molecule has 0 spiro atoms. The summed E-state index contributed by atoms with van der Waals surface area (Å²) in [6, 6.07) is 8.46. The van der Waals surface area contributed by atoms with Crippen LogP contribution in [0.3, 0.4) is 0 Å². The van der Waals surface area contributed by atoms with Gasteiger partial charge >= 0.3 is 5.97 Å². The molecule has 0 aliphatic carbocycles. The number of furan rings is 1. The quantitative estimate of drug-likeness (QED) is 0.781. The van der Waals surface area contributed by atoms with Gasteiger partial charge in [-0.3, -0.25) is 4.79 Å². The Morgan fingerprint density at radius 1 is 1.38 bits per heavy atom. The fraction of sp³-hybridized carbons (Fsp3) is 0.143. The first-order valence-corrected chi connectivity index (χ1v) is 6.21. The van der Waals surface area contributed by atoms with Gasteiger partial charge in [-0.15, -0.1) is 5.10 Å². The van der Waals surface area contributed by atoms with Crippen molar-refractivity contribution in [2.45, 2.75) is 13.5 Å². The van der Waals surface area contributed by atoms with Crippen LogP contribution in [0.2, 0.25) is 0 Å². The molecule has 0 aliphatic rings. The monoisotopic (exact) mass is 285 g/mol. The van der Waals surface area contributed by atoms with Crippen LogP contribution < -0.4 is 5.56 Å². The van der Waals surface area contributed by atoms with Crippen LogP contribution in [0.25, 0.3) is 10.9 Å². The minimum atomic E-state index is -1.14. The van der Waals surface area contributed by atoms with Crippen molar-refractivity contribution in [2.24, 2.45) is 0 Å². The molecule has 7 heteroatoms. The first-order valence-electron chi connectivity index (χ1n) is 6.21. The van der Waals surface area contributed by atoms with Crippen LogP contribution in [0.1, 0.15) is 21.9 Å². The highest BCUT2D eigenvalue weighted by Gasteiger charge is 2.15. The molecule has 0 amide bonds. The Kier molecular flexibility index (Phi) is 3.02. The van der Waals surface area contributed by atoms with E-state index in [1.807, 2.05) is 0 Å². The molecule has 0 saturated heterocycles. The number of fused-ring (bicyclic) bond motifs is 1. The molecule has 2 heterocycles. The predicted molar refractivity (Wildman–Crippen MR) is 73.3 cm³/mol. The van der Waals surface area contributed by atoms with E-state index in [0.29, 0.717) is 22.2 Å². The largest absolute Gasteiger partial charge is 0.475 e. The van der Waals surface area contributed by atoms with Crippen LogP contribution in [0, 0.1) is 6.92 Å². The molecule has 1 N–H and O–H groups in total. The third-order valence-electron chi connectivity index (χ3n) is 3.10. The van der Waals surface area contributed by atoms with Gasteiger partial charge in [0.1, 0.15) is 17.8 Å². The minimum absolute atomic E-state index is 0.0325. The average Bonchev–Trinajstić information content (AvgIpc) is 2.83. The van der Waals surface area contributed by atoms with E-state index in [4.69, 9.17) is 9.52 Å². The maximum absolute atomic E-state index is 12.3. The molecule has 106 valence electrons. The van der Waals surface area contributed by atoms with Crippen LogP contribution in [0.5, 0.6) is 0 Å². The van der Waals surface area contributed by atoms with Gasteiger partial charge in [-0.1, -0.05) is 17.3 Å². The lowest BCUT2D eigenvalue weighted by Crippen LogP contribution is -2.24. The summed E-state index contributed by atoms with van der Waals surface area (Å²) in [5, 5.41) is 17.2. The number of hydrogen-bond donors (Lipinski definition) is 1. The highest BCUT2D eigenvalue weighted by molar-refractivity contribution is 5.86. The van der Waals surface area contributed by atoms with Gasteiger partial charge in [0.2, 0.25) is 5.76 Å². The van der Waals surface area contributed by atoms with Crippen molar-refractivity contribution in [3.8, 4) is 0 Å². The lowest BCUT2D eigenvalue weighted by Gasteiger charge is -2.02. The molecule has 0 atom stereocenters. The van der Waals surface area contributed by atoms with Crippen molar-refractivity contribution in [3.05, 3.63) is 57.8 Å². The smallest absolute Gasteiger partial charge is 0.372 e. The van der Waals surface area contributed by atoms with Gasteiger partial charge in [-0.2, -0.15) is 0 Å². The van der Waals surface area contributed by atoms with Gasteiger partial charge in [0.25, 0.3) is 5.56 Å². The number of carboxylic acid groups (broad SMARTS) is 1. The standard InChI is InChI=1S/C14H11N3O4/c1-8-6-9(21-12(8)14(19)20)7-17-13(18)10-4-2-3-5-11(10)15-16-17/h2-6H,7H2,1H3,(H,19,20). The molecule has 0 fully saturated rings. The number of nitrogens with zero attached hydrogens (tertiary/aromatic N) is 3. The lowest BCUT2D eigenvalue weighted by molar-refractivity contribution is 0.0659. The highest BCUT2D eigenvalue weighted by atomic mass is 16.4. The molecule has 1 aromatic carbocycles. The number of benzene rings is 1. The first-order chi connectivity index (χ1) is 10.1. The summed E-state index contributed by atoms with van der Waals surface area (Å²) in [6.45, 7) is 1.66. The Morgan fingerprint density at radius 2 is 2.14 bits per heavy atom. The van der Waals surface area contributed by atoms with E-state index in [0.717, 1.165) is 4.68 Å². The van der Waals surface area contributed by atoms with Crippen LogP contribution in [0.4, 0.5) is 0 Å². The van der Waals surface area contributed by atoms with Gasteiger partial charge in [0.15, 0.2) is 0 Å².